The molecule has 1 fully saturated rings. The summed E-state index contributed by atoms with van der Waals surface area (Å²) in [7, 11) is 0. The van der Waals surface area contributed by atoms with Gasteiger partial charge < -0.3 is 14.8 Å². The first kappa shape index (κ1) is 17.5. The molecule has 0 unspecified atom stereocenters. The van der Waals surface area contributed by atoms with Crippen molar-refractivity contribution in [3.05, 3.63) is 35.4 Å². The highest BCUT2D eigenvalue weighted by molar-refractivity contribution is 5.89. The monoisotopic (exact) mass is 319 g/mol. The van der Waals surface area contributed by atoms with Gasteiger partial charge in [0.1, 0.15) is 11.1 Å². The third kappa shape index (κ3) is 4.79. The molecule has 126 valence electrons. The second-order valence-corrected chi connectivity index (χ2v) is 7.13. The summed E-state index contributed by atoms with van der Waals surface area (Å²) in [6, 6.07) is 8.02. The molecule has 1 saturated heterocycles. The quantitative estimate of drug-likeness (QED) is 0.685. The Morgan fingerprint density at radius 2 is 1.87 bits per heavy atom. The molecule has 23 heavy (non-hydrogen) atoms. The van der Waals surface area contributed by atoms with E-state index in [1.54, 1.807) is 20.8 Å². The lowest BCUT2D eigenvalue weighted by atomic mass is 9.89. The molecule has 1 atom stereocenters. The second kappa shape index (κ2) is 6.71. The molecule has 0 radical (unpaired) electrons. The Morgan fingerprint density at radius 3 is 2.39 bits per heavy atom. The third-order valence-corrected chi connectivity index (χ3v) is 3.83. The summed E-state index contributed by atoms with van der Waals surface area (Å²) < 4.78 is 10.0. The summed E-state index contributed by atoms with van der Waals surface area (Å²) in [6.45, 7) is 7.94. The van der Waals surface area contributed by atoms with E-state index in [0.29, 0.717) is 12.8 Å². The van der Waals surface area contributed by atoms with Crippen LogP contribution in [0.25, 0.3) is 0 Å². The van der Waals surface area contributed by atoms with Crippen LogP contribution in [0.3, 0.4) is 0 Å². The number of hydrogen-bond acceptors (Lipinski definition) is 5. The van der Waals surface area contributed by atoms with Gasteiger partial charge in [-0.05, 0) is 52.6 Å². The van der Waals surface area contributed by atoms with E-state index in [-0.39, 0.29) is 0 Å². The van der Waals surface area contributed by atoms with Gasteiger partial charge >= 0.3 is 12.1 Å². The Balaban J connectivity index is 2.09. The minimum absolute atomic E-state index is 0.495. The summed E-state index contributed by atoms with van der Waals surface area (Å²) >= 11 is 0. The molecule has 5 nitrogen and oxygen atoms in total. The van der Waals surface area contributed by atoms with Gasteiger partial charge in [0.15, 0.2) is 0 Å². The van der Waals surface area contributed by atoms with Crippen molar-refractivity contribution in [1.29, 1.82) is 0 Å². The van der Waals surface area contributed by atoms with Gasteiger partial charge in [-0.3, -0.25) is 0 Å². The Labute approximate surface area is 137 Å². The van der Waals surface area contributed by atoms with Crippen molar-refractivity contribution < 1.29 is 19.1 Å². The maximum Gasteiger partial charge on any atom is 0.516 e. The number of rotatable bonds is 3. The van der Waals surface area contributed by atoms with E-state index in [9.17, 15) is 9.59 Å². The Hall–Kier alpha value is -1.88. The predicted molar refractivity (Wildman–Crippen MR) is 87.2 cm³/mol. The zero-order chi connectivity index (χ0) is 17.1. The van der Waals surface area contributed by atoms with Crippen LogP contribution >= 0.6 is 0 Å². The number of benzene rings is 1. The van der Waals surface area contributed by atoms with Crippen molar-refractivity contribution in [3.63, 3.8) is 0 Å². The second-order valence-electron chi connectivity index (χ2n) is 7.13. The van der Waals surface area contributed by atoms with Gasteiger partial charge in [-0.1, -0.05) is 29.8 Å². The number of carbonyl (C=O) groups excluding carboxylic acids is 2. The molecule has 2 rings (SSSR count). The fourth-order valence-corrected chi connectivity index (χ4v) is 2.70. The lowest BCUT2D eigenvalue weighted by Gasteiger charge is -2.27. The minimum Gasteiger partial charge on any atom is -0.428 e. The van der Waals surface area contributed by atoms with E-state index in [0.717, 1.165) is 18.5 Å². The zero-order valence-electron chi connectivity index (χ0n) is 14.3. The summed E-state index contributed by atoms with van der Waals surface area (Å²) in [5.74, 6) is -0.565. The maximum atomic E-state index is 12.5. The fourth-order valence-electron chi connectivity index (χ4n) is 2.70. The molecule has 0 aliphatic carbocycles. The first-order chi connectivity index (χ1) is 10.7. The Bertz CT molecular complexity index is 566. The van der Waals surface area contributed by atoms with Crippen molar-refractivity contribution in [2.45, 2.75) is 58.1 Å². The smallest absolute Gasteiger partial charge is 0.428 e. The van der Waals surface area contributed by atoms with E-state index in [4.69, 9.17) is 9.47 Å². The third-order valence-electron chi connectivity index (χ3n) is 3.83. The number of nitrogens with one attached hydrogen (secondary N) is 1. The van der Waals surface area contributed by atoms with Crippen LogP contribution in [-0.2, 0) is 20.7 Å². The first-order valence-corrected chi connectivity index (χ1v) is 7.96. The fraction of sp³-hybridized carbons (Fsp3) is 0.556. The summed E-state index contributed by atoms with van der Waals surface area (Å²) in [5.41, 5.74) is 0.654. The molecular weight excluding hydrogens is 294 g/mol. The van der Waals surface area contributed by atoms with Crippen LogP contribution in [0.15, 0.2) is 24.3 Å². The zero-order valence-corrected chi connectivity index (χ0v) is 14.3. The van der Waals surface area contributed by atoms with Crippen LogP contribution < -0.4 is 5.32 Å². The molecule has 1 aromatic rings. The number of esters is 1. The van der Waals surface area contributed by atoms with Crippen LogP contribution in [0.1, 0.15) is 44.7 Å². The Kier molecular flexibility index (Phi) is 5.09. The molecule has 0 saturated carbocycles. The van der Waals surface area contributed by atoms with Crippen LogP contribution in [-0.4, -0.2) is 29.8 Å². The number of aryl methyl sites for hydroxylation is 1. The number of hydrogen-bond donors (Lipinski definition) is 1. The van der Waals surface area contributed by atoms with Gasteiger partial charge in [0.2, 0.25) is 0 Å². The molecule has 0 amide bonds. The van der Waals surface area contributed by atoms with Gasteiger partial charge in [-0.25, -0.2) is 9.59 Å². The average Bonchev–Trinajstić information content (AvgIpc) is 2.89. The van der Waals surface area contributed by atoms with Crippen LogP contribution in [0.2, 0.25) is 0 Å². The molecule has 0 spiro atoms. The number of carbonyl (C=O) groups is 2. The molecule has 0 bridgehead atoms. The SMILES string of the molecule is Cc1ccc(C[C@@]2(C(=O)OC(=O)OC(C)(C)C)CCCN2)cc1. The van der Waals surface area contributed by atoms with Gasteiger partial charge in [-0.2, -0.15) is 0 Å². The average molecular weight is 319 g/mol. The van der Waals surface area contributed by atoms with E-state index >= 15 is 0 Å². The van der Waals surface area contributed by atoms with E-state index in [2.05, 4.69) is 5.32 Å². The molecule has 0 aromatic heterocycles. The van der Waals surface area contributed by atoms with Crippen molar-refractivity contribution in [1.82, 2.24) is 5.32 Å². The lowest BCUT2D eigenvalue weighted by Crippen LogP contribution is -2.51. The lowest BCUT2D eigenvalue weighted by molar-refractivity contribution is -0.148. The highest BCUT2D eigenvalue weighted by atomic mass is 16.7. The Morgan fingerprint density at radius 1 is 1.22 bits per heavy atom. The summed E-state index contributed by atoms with van der Waals surface area (Å²) in [4.78, 5) is 24.3. The van der Waals surface area contributed by atoms with Crippen molar-refractivity contribution in [2.24, 2.45) is 0 Å². The molecule has 1 aromatic carbocycles. The number of ether oxygens (including phenoxy) is 2. The maximum absolute atomic E-state index is 12.5. The highest BCUT2D eigenvalue weighted by Gasteiger charge is 2.44. The summed E-state index contributed by atoms with van der Waals surface area (Å²) in [6.07, 6.45) is 1.06. The molecular formula is C18H25NO4. The van der Waals surface area contributed by atoms with E-state index < -0.39 is 23.3 Å². The van der Waals surface area contributed by atoms with Gasteiger partial charge in [0, 0.05) is 6.42 Å². The van der Waals surface area contributed by atoms with Gasteiger partial charge in [0.05, 0.1) is 0 Å². The van der Waals surface area contributed by atoms with Gasteiger partial charge in [0.25, 0.3) is 0 Å². The molecule has 1 aliphatic heterocycles. The molecule has 5 heteroatoms. The van der Waals surface area contributed by atoms with Gasteiger partial charge in [-0.15, -0.1) is 0 Å². The van der Waals surface area contributed by atoms with E-state index in [1.807, 2.05) is 31.2 Å². The topological polar surface area (TPSA) is 64.6 Å². The van der Waals surface area contributed by atoms with Crippen molar-refractivity contribution in [2.75, 3.05) is 6.54 Å². The highest BCUT2D eigenvalue weighted by Crippen LogP contribution is 2.26. The molecule has 1 aliphatic rings. The summed E-state index contributed by atoms with van der Waals surface area (Å²) in [5, 5.41) is 3.22. The normalized spacial score (nSPS) is 21.0. The molecule has 1 N–H and O–H groups in total. The van der Waals surface area contributed by atoms with Crippen molar-refractivity contribution >= 4 is 12.1 Å². The first-order valence-electron chi connectivity index (χ1n) is 7.96. The standard InChI is InChI=1S/C18H25NO4/c1-13-6-8-14(9-7-13)12-18(10-5-11-19-18)15(20)22-16(21)23-17(2,3)4/h6-9,19H,5,10-12H2,1-4H3/t18-/m1/s1. The van der Waals surface area contributed by atoms with E-state index in [1.165, 1.54) is 5.56 Å². The largest absolute Gasteiger partial charge is 0.516 e. The minimum atomic E-state index is -0.945. The van der Waals surface area contributed by atoms with Crippen molar-refractivity contribution in [3.8, 4) is 0 Å². The molecule has 1 heterocycles. The van der Waals surface area contributed by atoms with Crippen LogP contribution in [0, 0.1) is 6.92 Å². The predicted octanol–water partition coefficient (Wildman–Crippen LogP) is 3.14. The van der Waals surface area contributed by atoms with Crippen LogP contribution in [0.4, 0.5) is 4.79 Å². The van der Waals surface area contributed by atoms with Crippen LogP contribution in [0.5, 0.6) is 0 Å².